The summed E-state index contributed by atoms with van der Waals surface area (Å²) < 4.78 is 10.2. The molecule has 1 atom stereocenters. The Morgan fingerprint density at radius 1 is 1.19 bits per heavy atom. The average molecular weight is 307 g/mol. The minimum atomic E-state index is -1.10. The van der Waals surface area contributed by atoms with Crippen molar-refractivity contribution in [2.45, 2.75) is 6.10 Å². The van der Waals surface area contributed by atoms with Gasteiger partial charge in [0.05, 0.1) is 11.6 Å². The SMILES string of the molecule is COCC(Oc1ccc(-c2ccccc2)cc1Cl)C(=O)O. The minimum Gasteiger partial charge on any atom is -0.478 e. The summed E-state index contributed by atoms with van der Waals surface area (Å²) in [5.74, 6) is -0.777. The van der Waals surface area contributed by atoms with Crippen LogP contribution in [0.15, 0.2) is 48.5 Å². The van der Waals surface area contributed by atoms with Crippen molar-refractivity contribution in [3.63, 3.8) is 0 Å². The first kappa shape index (κ1) is 15.4. The molecule has 1 unspecified atom stereocenters. The second-order valence-electron chi connectivity index (χ2n) is 4.41. The lowest BCUT2D eigenvalue weighted by atomic mass is 10.1. The van der Waals surface area contributed by atoms with E-state index in [1.165, 1.54) is 7.11 Å². The highest BCUT2D eigenvalue weighted by atomic mass is 35.5. The maximum atomic E-state index is 11.0. The smallest absolute Gasteiger partial charge is 0.347 e. The zero-order chi connectivity index (χ0) is 15.2. The molecule has 0 spiro atoms. The van der Waals surface area contributed by atoms with Gasteiger partial charge in [0, 0.05) is 7.11 Å². The third-order valence-corrected chi connectivity index (χ3v) is 3.20. The van der Waals surface area contributed by atoms with Crippen molar-refractivity contribution >= 4 is 17.6 Å². The normalized spacial score (nSPS) is 11.9. The molecule has 0 saturated carbocycles. The molecule has 0 heterocycles. The lowest BCUT2D eigenvalue weighted by Gasteiger charge is -2.15. The Balaban J connectivity index is 2.21. The van der Waals surface area contributed by atoms with Gasteiger partial charge in [-0.15, -0.1) is 0 Å². The van der Waals surface area contributed by atoms with Crippen LogP contribution in [0.4, 0.5) is 0 Å². The van der Waals surface area contributed by atoms with Gasteiger partial charge in [0.1, 0.15) is 5.75 Å². The fourth-order valence-corrected chi connectivity index (χ4v) is 2.09. The highest BCUT2D eigenvalue weighted by Gasteiger charge is 2.20. The molecule has 0 fully saturated rings. The van der Waals surface area contributed by atoms with Gasteiger partial charge in [-0.1, -0.05) is 48.0 Å². The molecule has 21 heavy (non-hydrogen) atoms. The topological polar surface area (TPSA) is 55.8 Å². The van der Waals surface area contributed by atoms with Crippen molar-refractivity contribution in [1.82, 2.24) is 0 Å². The van der Waals surface area contributed by atoms with Crippen LogP contribution in [0.2, 0.25) is 5.02 Å². The fourth-order valence-electron chi connectivity index (χ4n) is 1.87. The molecular formula is C16H15ClO4. The van der Waals surface area contributed by atoms with E-state index < -0.39 is 12.1 Å². The largest absolute Gasteiger partial charge is 0.478 e. The second-order valence-corrected chi connectivity index (χ2v) is 4.82. The van der Waals surface area contributed by atoms with Gasteiger partial charge < -0.3 is 14.6 Å². The Kier molecular flexibility index (Phi) is 5.20. The van der Waals surface area contributed by atoms with Crippen LogP contribution in [0.3, 0.4) is 0 Å². The van der Waals surface area contributed by atoms with Gasteiger partial charge in [-0.3, -0.25) is 0 Å². The number of benzene rings is 2. The first-order chi connectivity index (χ1) is 10.1. The maximum absolute atomic E-state index is 11.0. The molecule has 0 aromatic heterocycles. The van der Waals surface area contributed by atoms with Crippen molar-refractivity contribution in [1.29, 1.82) is 0 Å². The molecule has 0 radical (unpaired) electrons. The minimum absolute atomic E-state index is 0.0495. The summed E-state index contributed by atoms with van der Waals surface area (Å²) in [4.78, 5) is 11.0. The van der Waals surface area contributed by atoms with Crippen LogP contribution in [0.1, 0.15) is 0 Å². The summed E-state index contributed by atoms with van der Waals surface area (Å²) in [6.07, 6.45) is -1.09. The van der Waals surface area contributed by atoms with E-state index in [0.29, 0.717) is 10.8 Å². The molecule has 2 aromatic rings. The molecule has 5 heteroatoms. The molecule has 0 aliphatic rings. The summed E-state index contributed by atoms with van der Waals surface area (Å²) in [5, 5.41) is 9.40. The van der Waals surface area contributed by atoms with Crippen molar-refractivity contribution in [2.75, 3.05) is 13.7 Å². The van der Waals surface area contributed by atoms with E-state index in [2.05, 4.69) is 0 Å². The number of ether oxygens (including phenoxy) is 2. The van der Waals surface area contributed by atoms with E-state index in [0.717, 1.165) is 11.1 Å². The van der Waals surface area contributed by atoms with Crippen molar-refractivity contribution in [3.05, 3.63) is 53.6 Å². The lowest BCUT2D eigenvalue weighted by Crippen LogP contribution is -2.31. The Morgan fingerprint density at radius 3 is 2.48 bits per heavy atom. The number of hydrogen-bond acceptors (Lipinski definition) is 3. The molecule has 110 valence electrons. The van der Waals surface area contributed by atoms with Crippen molar-refractivity contribution in [3.8, 4) is 16.9 Å². The highest BCUT2D eigenvalue weighted by Crippen LogP contribution is 2.31. The Morgan fingerprint density at radius 2 is 1.90 bits per heavy atom. The predicted octanol–water partition coefficient (Wildman–Crippen LogP) is 3.49. The monoisotopic (exact) mass is 306 g/mol. The van der Waals surface area contributed by atoms with Gasteiger partial charge in [-0.2, -0.15) is 0 Å². The predicted molar refractivity (Wildman–Crippen MR) is 80.8 cm³/mol. The number of rotatable bonds is 6. The molecule has 0 aliphatic heterocycles. The quantitative estimate of drug-likeness (QED) is 0.887. The first-order valence-corrected chi connectivity index (χ1v) is 6.73. The molecular weight excluding hydrogens is 292 g/mol. The van der Waals surface area contributed by atoms with Crippen LogP contribution in [-0.2, 0) is 9.53 Å². The van der Waals surface area contributed by atoms with E-state index >= 15 is 0 Å². The van der Waals surface area contributed by atoms with Gasteiger partial charge >= 0.3 is 5.97 Å². The van der Waals surface area contributed by atoms with Crippen molar-refractivity contribution in [2.24, 2.45) is 0 Å². The zero-order valence-electron chi connectivity index (χ0n) is 11.5. The van der Waals surface area contributed by atoms with Crippen molar-refractivity contribution < 1.29 is 19.4 Å². The van der Waals surface area contributed by atoms with Crippen LogP contribution < -0.4 is 4.74 Å². The molecule has 1 N–H and O–H groups in total. The number of aliphatic carboxylic acids is 1. The second kappa shape index (κ2) is 7.11. The molecule has 4 nitrogen and oxygen atoms in total. The van der Waals surface area contributed by atoms with E-state index in [1.807, 2.05) is 36.4 Å². The number of carbonyl (C=O) groups is 1. The summed E-state index contributed by atoms with van der Waals surface area (Å²) in [6, 6.07) is 15.0. The average Bonchev–Trinajstić information content (AvgIpc) is 2.49. The molecule has 0 aliphatic carbocycles. The summed E-state index contributed by atoms with van der Waals surface area (Å²) >= 11 is 6.17. The fraction of sp³-hybridized carbons (Fsp3) is 0.188. The Bertz CT molecular complexity index is 613. The molecule has 0 amide bonds. The Hall–Kier alpha value is -2.04. The molecule has 0 bridgehead atoms. The van der Waals surface area contributed by atoms with Gasteiger partial charge in [-0.25, -0.2) is 4.79 Å². The van der Waals surface area contributed by atoms with Gasteiger partial charge in [0.2, 0.25) is 6.10 Å². The van der Waals surface area contributed by atoms with E-state index in [-0.39, 0.29) is 6.61 Å². The Labute approximate surface area is 127 Å². The standard InChI is InChI=1S/C16H15ClO4/c1-20-10-15(16(18)19)21-14-8-7-12(9-13(14)17)11-5-3-2-4-6-11/h2-9,15H,10H2,1H3,(H,18,19). The summed E-state index contributed by atoms with van der Waals surface area (Å²) in [7, 11) is 1.42. The van der Waals surface area contributed by atoms with E-state index in [9.17, 15) is 4.79 Å². The first-order valence-electron chi connectivity index (χ1n) is 6.35. The van der Waals surface area contributed by atoms with Crippen LogP contribution in [0, 0.1) is 0 Å². The molecule has 2 rings (SSSR count). The number of hydrogen-bond donors (Lipinski definition) is 1. The maximum Gasteiger partial charge on any atom is 0.347 e. The molecule has 2 aromatic carbocycles. The highest BCUT2D eigenvalue weighted by molar-refractivity contribution is 6.32. The summed E-state index contributed by atoms with van der Waals surface area (Å²) in [6.45, 7) is -0.0495. The number of carboxylic acids is 1. The van der Waals surface area contributed by atoms with Gasteiger partial charge in [0.25, 0.3) is 0 Å². The van der Waals surface area contributed by atoms with Crippen LogP contribution in [-0.4, -0.2) is 30.9 Å². The number of carboxylic acid groups (broad SMARTS) is 1. The summed E-state index contributed by atoms with van der Waals surface area (Å²) in [5.41, 5.74) is 1.96. The van der Waals surface area contributed by atoms with Gasteiger partial charge in [0.15, 0.2) is 0 Å². The zero-order valence-corrected chi connectivity index (χ0v) is 12.2. The van der Waals surface area contributed by atoms with E-state index in [1.54, 1.807) is 12.1 Å². The number of halogens is 1. The van der Waals surface area contributed by atoms with Crippen LogP contribution >= 0.6 is 11.6 Å². The lowest BCUT2D eigenvalue weighted by molar-refractivity contribution is -0.147. The third kappa shape index (κ3) is 3.97. The van der Waals surface area contributed by atoms with Crippen LogP contribution in [0.25, 0.3) is 11.1 Å². The van der Waals surface area contributed by atoms with Gasteiger partial charge in [-0.05, 0) is 23.3 Å². The number of methoxy groups -OCH3 is 1. The molecule has 0 saturated heterocycles. The van der Waals surface area contributed by atoms with E-state index in [4.69, 9.17) is 26.2 Å². The van der Waals surface area contributed by atoms with Crippen LogP contribution in [0.5, 0.6) is 5.75 Å². The third-order valence-electron chi connectivity index (χ3n) is 2.90.